The largest absolute Gasteiger partial charge is 0.468 e. The van der Waals surface area contributed by atoms with Crippen LogP contribution in [0.25, 0.3) is 16.3 Å². The molecule has 27 heavy (non-hydrogen) atoms. The molecule has 0 saturated heterocycles. The molecule has 0 spiro atoms. The summed E-state index contributed by atoms with van der Waals surface area (Å²) in [5, 5.41) is 6.51. The Morgan fingerprint density at radius 3 is 2.89 bits per heavy atom. The van der Waals surface area contributed by atoms with Gasteiger partial charge in [0.05, 0.1) is 22.6 Å². The predicted octanol–water partition coefficient (Wildman–Crippen LogP) is 3.83. The number of Topliss-reactive ketones (excluding diaryl/α,β-unsaturated/α-hetero) is 1. The van der Waals surface area contributed by atoms with Gasteiger partial charge in [0, 0.05) is 5.57 Å². The molecule has 4 aromatic rings. The van der Waals surface area contributed by atoms with Gasteiger partial charge < -0.3 is 9.15 Å². The molecule has 0 unspecified atom stereocenters. The Morgan fingerprint density at radius 1 is 1.30 bits per heavy atom. The first-order valence-corrected chi connectivity index (χ1v) is 9.23. The molecule has 0 aromatic carbocycles. The second-order valence-electron chi connectivity index (χ2n) is 6.22. The maximum absolute atomic E-state index is 12.4. The van der Waals surface area contributed by atoms with Crippen LogP contribution in [0.5, 0.6) is 5.88 Å². The van der Waals surface area contributed by atoms with Crippen molar-refractivity contribution in [1.29, 1.82) is 0 Å². The lowest BCUT2D eigenvalue weighted by molar-refractivity contribution is -0.114. The smallest absolute Gasteiger partial charge is 0.228 e. The van der Waals surface area contributed by atoms with E-state index in [9.17, 15) is 4.79 Å². The van der Waals surface area contributed by atoms with E-state index < -0.39 is 5.92 Å². The summed E-state index contributed by atoms with van der Waals surface area (Å²) in [4.78, 5) is 22.5. The quantitative estimate of drug-likeness (QED) is 0.539. The second-order valence-corrected chi connectivity index (χ2v) is 7.17. The van der Waals surface area contributed by atoms with Gasteiger partial charge in [-0.2, -0.15) is 0 Å². The summed E-state index contributed by atoms with van der Waals surface area (Å²) in [6.45, 7) is 3.29. The fourth-order valence-corrected chi connectivity index (χ4v) is 4.10. The fraction of sp³-hybridized carbons (Fsp3) is 0.158. The molecule has 0 N–H and O–H groups in total. The van der Waals surface area contributed by atoms with Crippen molar-refractivity contribution in [2.75, 3.05) is 0 Å². The number of thiophene rings is 1. The standard InChI is InChI=1S/C19H14N4O3S/c1-10(24)14-11(2)26-19-16(15(14)12-5-3-7-25-12)18-21-17(13-6-4-8-27-13)22-23(18)9-20-19/h3-9,15H,1-2H3/t15-/m0/s1. The van der Waals surface area contributed by atoms with Crippen molar-refractivity contribution >= 4 is 22.8 Å². The van der Waals surface area contributed by atoms with Crippen molar-refractivity contribution in [2.24, 2.45) is 0 Å². The van der Waals surface area contributed by atoms with Crippen LogP contribution in [0.2, 0.25) is 0 Å². The Hall–Kier alpha value is -3.26. The second kappa shape index (κ2) is 5.88. The van der Waals surface area contributed by atoms with Gasteiger partial charge in [-0.25, -0.2) is 14.5 Å². The normalized spacial score (nSPS) is 16.4. The molecule has 5 heterocycles. The first-order valence-electron chi connectivity index (χ1n) is 8.35. The molecule has 8 heteroatoms. The van der Waals surface area contributed by atoms with E-state index in [4.69, 9.17) is 14.1 Å². The van der Waals surface area contributed by atoms with Gasteiger partial charge in [-0.05, 0) is 37.4 Å². The van der Waals surface area contributed by atoms with Gasteiger partial charge >= 0.3 is 0 Å². The van der Waals surface area contributed by atoms with E-state index in [0.29, 0.717) is 40.0 Å². The third kappa shape index (κ3) is 2.41. The lowest BCUT2D eigenvalue weighted by Gasteiger charge is -2.26. The van der Waals surface area contributed by atoms with Crippen LogP contribution in [0.3, 0.4) is 0 Å². The molecule has 7 nitrogen and oxygen atoms in total. The summed E-state index contributed by atoms with van der Waals surface area (Å²) >= 11 is 1.56. The molecule has 4 aromatic heterocycles. The zero-order valence-electron chi connectivity index (χ0n) is 14.5. The molecule has 5 rings (SSSR count). The molecule has 134 valence electrons. The monoisotopic (exact) mass is 378 g/mol. The number of fused-ring (bicyclic) bond motifs is 3. The molecular formula is C19H14N4O3S. The number of furan rings is 1. The number of allylic oxidation sites excluding steroid dienone is 2. The van der Waals surface area contributed by atoms with E-state index in [2.05, 4.69) is 10.1 Å². The molecule has 1 aliphatic rings. The lowest BCUT2D eigenvalue weighted by atomic mass is 9.85. The minimum absolute atomic E-state index is 0.0838. The van der Waals surface area contributed by atoms with Gasteiger partial charge in [-0.15, -0.1) is 16.4 Å². The average molecular weight is 378 g/mol. The summed E-state index contributed by atoms with van der Waals surface area (Å²) in [5.74, 6) is 1.65. The number of ketones is 1. The van der Waals surface area contributed by atoms with Gasteiger partial charge in [0.2, 0.25) is 5.88 Å². The molecule has 1 atom stereocenters. The number of nitrogens with zero attached hydrogens (tertiary/aromatic N) is 4. The van der Waals surface area contributed by atoms with Crippen LogP contribution in [0.1, 0.15) is 31.1 Å². The van der Waals surface area contributed by atoms with Crippen LogP contribution in [0.15, 0.2) is 58.0 Å². The van der Waals surface area contributed by atoms with Crippen LogP contribution in [-0.4, -0.2) is 25.4 Å². The Morgan fingerprint density at radius 2 is 2.19 bits per heavy atom. The predicted molar refractivity (Wildman–Crippen MR) is 98.7 cm³/mol. The third-order valence-corrected chi connectivity index (χ3v) is 5.41. The number of carbonyl (C=O) groups excluding carboxylic acids is 1. The molecule has 0 amide bonds. The Kier molecular flexibility index (Phi) is 3.48. The Labute approximate surface area is 157 Å². The number of rotatable bonds is 3. The van der Waals surface area contributed by atoms with E-state index in [1.165, 1.54) is 6.92 Å². The van der Waals surface area contributed by atoms with Crippen LogP contribution < -0.4 is 4.74 Å². The molecule has 0 radical (unpaired) electrons. The third-order valence-electron chi connectivity index (χ3n) is 4.54. The van der Waals surface area contributed by atoms with Gasteiger partial charge in [0.1, 0.15) is 17.8 Å². The SMILES string of the molecule is CC(=O)C1=C(C)Oc2ncn3nc(-c4cccs4)nc3c2[C@H]1c1ccco1. The number of hydrogen-bond donors (Lipinski definition) is 0. The number of aromatic nitrogens is 4. The highest BCUT2D eigenvalue weighted by atomic mass is 32.1. The van der Waals surface area contributed by atoms with E-state index in [0.717, 1.165) is 4.88 Å². The van der Waals surface area contributed by atoms with E-state index in [1.54, 1.807) is 41.4 Å². The van der Waals surface area contributed by atoms with Crippen LogP contribution >= 0.6 is 11.3 Å². The zero-order chi connectivity index (χ0) is 18.5. The van der Waals surface area contributed by atoms with Crippen molar-refractivity contribution in [1.82, 2.24) is 19.6 Å². The van der Waals surface area contributed by atoms with Crippen molar-refractivity contribution < 1.29 is 13.9 Å². The molecule has 0 bridgehead atoms. The minimum atomic E-state index is -0.446. The summed E-state index contributed by atoms with van der Waals surface area (Å²) < 4.78 is 13.1. The highest BCUT2D eigenvalue weighted by Crippen LogP contribution is 2.44. The summed E-state index contributed by atoms with van der Waals surface area (Å²) in [6.07, 6.45) is 3.16. The van der Waals surface area contributed by atoms with Gasteiger partial charge in [-0.1, -0.05) is 6.07 Å². The van der Waals surface area contributed by atoms with Crippen molar-refractivity contribution in [2.45, 2.75) is 19.8 Å². The van der Waals surface area contributed by atoms with Gasteiger partial charge in [-0.3, -0.25) is 4.79 Å². The number of carbonyl (C=O) groups is 1. The fourth-order valence-electron chi connectivity index (χ4n) is 3.44. The summed E-state index contributed by atoms with van der Waals surface area (Å²) in [6, 6.07) is 7.56. The van der Waals surface area contributed by atoms with Crippen LogP contribution in [0, 0.1) is 0 Å². The first kappa shape index (κ1) is 16.0. The van der Waals surface area contributed by atoms with E-state index in [-0.39, 0.29) is 5.78 Å². The Balaban J connectivity index is 1.80. The minimum Gasteiger partial charge on any atom is -0.468 e. The molecule has 1 aliphatic heterocycles. The van der Waals surface area contributed by atoms with Crippen LogP contribution in [-0.2, 0) is 4.79 Å². The van der Waals surface area contributed by atoms with Gasteiger partial charge in [0.25, 0.3) is 0 Å². The van der Waals surface area contributed by atoms with Crippen LogP contribution in [0.4, 0.5) is 0 Å². The molecular weight excluding hydrogens is 364 g/mol. The first-order chi connectivity index (χ1) is 13.1. The topological polar surface area (TPSA) is 82.5 Å². The van der Waals surface area contributed by atoms with Crippen molar-refractivity contribution in [3.8, 4) is 16.6 Å². The highest BCUT2D eigenvalue weighted by Gasteiger charge is 2.37. The van der Waals surface area contributed by atoms with Gasteiger partial charge in [0.15, 0.2) is 17.3 Å². The van der Waals surface area contributed by atoms with Crippen molar-refractivity contribution in [3.63, 3.8) is 0 Å². The molecule has 0 saturated carbocycles. The van der Waals surface area contributed by atoms with E-state index >= 15 is 0 Å². The number of hydrogen-bond acceptors (Lipinski definition) is 7. The molecule has 0 aliphatic carbocycles. The maximum atomic E-state index is 12.4. The van der Waals surface area contributed by atoms with E-state index in [1.807, 2.05) is 23.6 Å². The Bertz CT molecular complexity index is 1190. The maximum Gasteiger partial charge on any atom is 0.228 e. The lowest BCUT2D eigenvalue weighted by Crippen LogP contribution is -2.21. The summed E-state index contributed by atoms with van der Waals surface area (Å²) in [7, 11) is 0. The number of ether oxygens (including phenoxy) is 1. The molecule has 0 fully saturated rings. The average Bonchev–Trinajstić information content (AvgIpc) is 3.39. The highest BCUT2D eigenvalue weighted by molar-refractivity contribution is 7.13. The zero-order valence-corrected chi connectivity index (χ0v) is 15.4. The summed E-state index contributed by atoms with van der Waals surface area (Å²) in [5.41, 5.74) is 1.81. The van der Waals surface area contributed by atoms with Crippen molar-refractivity contribution in [3.05, 3.63) is 64.9 Å².